The number of rotatable bonds is 7. The van der Waals surface area contributed by atoms with Crippen molar-refractivity contribution in [1.82, 2.24) is 0 Å². The molecule has 1 aromatic carbocycles. The highest BCUT2D eigenvalue weighted by Gasteiger charge is 2.44. The van der Waals surface area contributed by atoms with Crippen LogP contribution in [0.5, 0.6) is 11.5 Å². The summed E-state index contributed by atoms with van der Waals surface area (Å²) in [5.41, 5.74) is 1.32. The van der Waals surface area contributed by atoms with E-state index in [4.69, 9.17) is 4.74 Å². The Morgan fingerprint density at radius 3 is 2.04 bits per heavy atom. The molecule has 0 amide bonds. The summed E-state index contributed by atoms with van der Waals surface area (Å²) in [5, 5.41) is 10.1. The summed E-state index contributed by atoms with van der Waals surface area (Å²) in [6.45, 7) is 5.93. The van der Waals surface area contributed by atoms with Crippen LogP contribution in [0, 0.1) is 11.8 Å². The van der Waals surface area contributed by atoms with Gasteiger partial charge in [-0.1, -0.05) is 33.6 Å². The minimum Gasteiger partial charge on any atom is -0.507 e. The number of phenols is 1. The second kappa shape index (κ2) is 8.17. The van der Waals surface area contributed by atoms with Gasteiger partial charge in [0.05, 0.1) is 5.92 Å². The Morgan fingerprint density at radius 2 is 1.58 bits per heavy atom. The standard InChI is InChI=1S/C20H30F2O2/c1-4-7-14-8-10-17(11-9-14)20(21,22)24-18-12-15(5-2)19(23)16(6-3)13-18/h12-14,17,23H,4-11H2,1-3H3. The molecule has 0 radical (unpaired) electrons. The summed E-state index contributed by atoms with van der Waals surface area (Å²) in [4.78, 5) is 0. The lowest BCUT2D eigenvalue weighted by atomic mass is 9.79. The van der Waals surface area contributed by atoms with Gasteiger partial charge in [-0.15, -0.1) is 0 Å². The van der Waals surface area contributed by atoms with E-state index in [1.807, 2.05) is 13.8 Å². The molecule has 136 valence electrons. The fourth-order valence-electron chi connectivity index (χ4n) is 3.76. The average molecular weight is 340 g/mol. The Kier molecular flexibility index (Phi) is 6.47. The Hall–Kier alpha value is -1.32. The molecule has 0 saturated heterocycles. The van der Waals surface area contributed by atoms with Crippen molar-refractivity contribution in [3.05, 3.63) is 23.3 Å². The third-order valence-electron chi connectivity index (χ3n) is 5.28. The smallest absolute Gasteiger partial charge is 0.400 e. The lowest BCUT2D eigenvalue weighted by Crippen LogP contribution is -2.37. The van der Waals surface area contributed by atoms with E-state index in [0.29, 0.717) is 42.7 Å². The average Bonchev–Trinajstić information content (AvgIpc) is 2.56. The van der Waals surface area contributed by atoms with Gasteiger partial charge in [-0.3, -0.25) is 0 Å². The summed E-state index contributed by atoms with van der Waals surface area (Å²) in [6.07, 6.45) is 3.07. The summed E-state index contributed by atoms with van der Waals surface area (Å²) < 4.78 is 34.3. The van der Waals surface area contributed by atoms with E-state index in [1.54, 1.807) is 12.1 Å². The first-order chi connectivity index (χ1) is 11.4. The van der Waals surface area contributed by atoms with E-state index < -0.39 is 12.0 Å². The first-order valence-electron chi connectivity index (χ1n) is 9.32. The first-order valence-corrected chi connectivity index (χ1v) is 9.32. The Bertz CT molecular complexity index is 509. The maximum atomic E-state index is 14.6. The molecule has 1 aromatic rings. The molecular formula is C20H30F2O2. The van der Waals surface area contributed by atoms with Crippen LogP contribution in [-0.2, 0) is 12.8 Å². The topological polar surface area (TPSA) is 29.5 Å². The number of alkyl halides is 2. The van der Waals surface area contributed by atoms with Crippen LogP contribution in [0.25, 0.3) is 0 Å². The predicted octanol–water partition coefficient (Wildman–Crippen LogP) is 6.10. The molecule has 0 aliphatic heterocycles. The van der Waals surface area contributed by atoms with Crippen LogP contribution >= 0.6 is 0 Å². The van der Waals surface area contributed by atoms with Gasteiger partial charge >= 0.3 is 6.11 Å². The third kappa shape index (κ3) is 4.40. The molecule has 0 atom stereocenters. The van der Waals surface area contributed by atoms with Crippen LogP contribution in [0.3, 0.4) is 0 Å². The number of benzene rings is 1. The van der Waals surface area contributed by atoms with E-state index in [1.165, 1.54) is 0 Å². The summed E-state index contributed by atoms with van der Waals surface area (Å²) in [5.74, 6) is 0.251. The van der Waals surface area contributed by atoms with Gasteiger partial charge in [0, 0.05) is 0 Å². The zero-order valence-corrected chi connectivity index (χ0v) is 15.1. The van der Waals surface area contributed by atoms with Crippen molar-refractivity contribution in [2.45, 2.75) is 78.2 Å². The molecule has 2 nitrogen and oxygen atoms in total. The fraction of sp³-hybridized carbons (Fsp3) is 0.700. The SMILES string of the molecule is CCCC1CCC(C(F)(F)Oc2cc(CC)c(O)c(CC)c2)CC1. The number of ether oxygens (including phenoxy) is 1. The lowest BCUT2D eigenvalue weighted by Gasteiger charge is -2.33. The van der Waals surface area contributed by atoms with Crippen LogP contribution < -0.4 is 4.74 Å². The van der Waals surface area contributed by atoms with E-state index in [2.05, 4.69) is 6.92 Å². The molecular weight excluding hydrogens is 310 g/mol. The highest BCUT2D eigenvalue weighted by atomic mass is 19.3. The summed E-state index contributed by atoms with van der Waals surface area (Å²) in [7, 11) is 0. The van der Waals surface area contributed by atoms with Crippen LogP contribution in [0.4, 0.5) is 8.78 Å². The van der Waals surface area contributed by atoms with Crippen LogP contribution in [0.1, 0.15) is 70.4 Å². The molecule has 1 aliphatic carbocycles. The zero-order chi connectivity index (χ0) is 17.7. The normalized spacial score (nSPS) is 21.7. The number of phenolic OH excluding ortho intramolecular Hbond substituents is 1. The Labute approximate surface area is 144 Å². The van der Waals surface area contributed by atoms with Gasteiger partial charge in [0.15, 0.2) is 0 Å². The van der Waals surface area contributed by atoms with Crippen LogP contribution in [0.2, 0.25) is 0 Å². The second-order valence-electron chi connectivity index (χ2n) is 6.97. The van der Waals surface area contributed by atoms with Crippen molar-refractivity contribution in [2.75, 3.05) is 0 Å². The zero-order valence-electron chi connectivity index (χ0n) is 15.1. The number of hydrogen-bond donors (Lipinski definition) is 1. The molecule has 1 aliphatic rings. The van der Waals surface area contributed by atoms with Crippen molar-refractivity contribution >= 4 is 0 Å². The maximum absolute atomic E-state index is 14.6. The van der Waals surface area contributed by atoms with Crippen molar-refractivity contribution < 1.29 is 18.6 Å². The molecule has 1 N–H and O–H groups in total. The van der Waals surface area contributed by atoms with Crippen LogP contribution in [-0.4, -0.2) is 11.2 Å². The molecule has 4 heteroatoms. The highest BCUT2D eigenvalue weighted by Crippen LogP contribution is 2.42. The van der Waals surface area contributed by atoms with Crippen molar-refractivity contribution in [3.8, 4) is 11.5 Å². The minimum atomic E-state index is -3.15. The molecule has 1 saturated carbocycles. The lowest BCUT2D eigenvalue weighted by molar-refractivity contribution is -0.223. The van der Waals surface area contributed by atoms with Crippen molar-refractivity contribution in [3.63, 3.8) is 0 Å². The number of aryl methyl sites for hydroxylation is 2. The molecule has 0 spiro atoms. The maximum Gasteiger partial charge on any atom is 0.400 e. The largest absolute Gasteiger partial charge is 0.507 e. The van der Waals surface area contributed by atoms with Gasteiger partial charge in [0.1, 0.15) is 11.5 Å². The quantitative estimate of drug-likeness (QED) is 0.650. The molecule has 0 unspecified atom stereocenters. The minimum absolute atomic E-state index is 0.169. The van der Waals surface area contributed by atoms with E-state index >= 15 is 0 Å². The van der Waals surface area contributed by atoms with Gasteiger partial charge in [0.2, 0.25) is 0 Å². The molecule has 2 rings (SSSR count). The Balaban J connectivity index is 2.09. The predicted molar refractivity (Wildman–Crippen MR) is 92.8 cm³/mol. The molecule has 0 aromatic heterocycles. The van der Waals surface area contributed by atoms with Gasteiger partial charge in [-0.2, -0.15) is 8.78 Å². The Morgan fingerprint density at radius 1 is 1.04 bits per heavy atom. The number of aromatic hydroxyl groups is 1. The van der Waals surface area contributed by atoms with Gasteiger partial charge in [-0.05, 0) is 67.7 Å². The van der Waals surface area contributed by atoms with Gasteiger partial charge in [0.25, 0.3) is 0 Å². The first kappa shape index (κ1) is 19.0. The highest BCUT2D eigenvalue weighted by molar-refractivity contribution is 5.46. The van der Waals surface area contributed by atoms with E-state index in [9.17, 15) is 13.9 Å². The monoisotopic (exact) mass is 340 g/mol. The molecule has 1 fully saturated rings. The number of halogens is 2. The third-order valence-corrected chi connectivity index (χ3v) is 5.28. The fourth-order valence-corrected chi connectivity index (χ4v) is 3.76. The van der Waals surface area contributed by atoms with E-state index in [-0.39, 0.29) is 11.5 Å². The molecule has 0 bridgehead atoms. The summed E-state index contributed by atoms with van der Waals surface area (Å²) in [6, 6.07) is 3.09. The van der Waals surface area contributed by atoms with Crippen molar-refractivity contribution in [2.24, 2.45) is 11.8 Å². The summed E-state index contributed by atoms with van der Waals surface area (Å²) >= 11 is 0. The van der Waals surface area contributed by atoms with Crippen molar-refractivity contribution in [1.29, 1.82) is 0 Å². The van der Waals surface area contributed by atoms with Crippen LogP contribution in [0.15, 0.2) is 12.1 Å². The molecule has 24 heavy (non-hydrogen) atoms. The van der Waals surface area contributed by atoms with Gasteiger partial charge < -0.3 is 9.84 Å². The number of hydrogen-bond acceptors (Lipinski definition) is 2. The molecule has 0 heterocycles. The van der Waals surface area contributed by atoms with E-state index in [0.717, 1.165) is 25.7 Å². The van der Waals surface area contributed by atoms with Gasteiger partial charge in [-0.25, -0.2) is 0 Å². The second-order valence-corrected chi connectivity index (χ2v) is 6.97.